The topological polar surface area (TPSA) is 58.6 Å². The lowest BCUT2D eigenvalue weighted by molar-refractivity contribution is -0.120. The summed E-state index contributed by atoms with van der Waals surface area (Å²) in [5.74, 6) is 0.805. The molecule has 0 bridgehead atoms. The molecule has 0 aliphatic heterocycles. The molecule has 0 unspecified atom stereocenters. The zero-order valence-corrected chi connectivity index (χ0v) is 11.0. The van der Waals surface area contributed by atoms with E-state index in [2.05, 4.69) is 5.32 Å². The van der Waals surface area contributed by atoms with Crippen LogP contribution >= 0.6 is 0 Å². The fraction of sp³-hybridized carbons (Fsp3) is 0.500. The molecule has 0 fully saturated rings. The summed E-state index contributed by atoms with van der Waals surface area (Å²) < 4.78 is 5.22. The molecular weight excluding hydrogens is 230 g/mol. The first-order valence-corrected chi connectivity index (χ1v) is 6.18. The molecule has 0 aliphatic carbocycles. The van der Waals surface area contributed by atoms with E-state index in [1.165, 1.54) is 0 Å². The van der Waals surface area contributed by atoms with Gasteiger partial charge in [0.1, 0.15) is 5.75 Å². The van der Waals surface area contributed by atoms with Crippen molar-refractivity contribution in [2.45, 2.75) is 26.2 Å². The Morgan fingerprint density at radius 1 is 1.39 bits per heavy atom. The van der Waals surface area contributed by atoms with E-state index in [1.807, 2.05) is 25.1 Å². The molecule has 1 aromatic rings. The van der Waals surface area contributed by atoms with Gasteiger partial charge in [0.05, 0.1) is 13.5 Å². The van der Waals surface area contributed by atoms with Crippen molar-refractivity contribution in [1.29, 1.82) is 0 Å². The molecule has 0 aliphatic rings. The first-order chi connectivity index (χ1) is 8.67. The molecule has 4 nitrogen and oxygen atoms in total. The summed E-state index contributed by atoms with van der Waals surface area (Å²) in [6, 6.07) is 5.78. The van der Waals surface area contributed by atoms with Gasteiger partial charge in [0.2, 0.25) is 5.91 Å². The van der Waals surface area contributed by atoms with Crippen molar-refractivity contribution in [3.05, 3.63) is 29.3 Å². The van der Waals surface area contributed by atoms with Crippen molar-refractivity contribution in [1.82, 2.24) is 5.32 Å². The quantitative estimate of drug-likeness (QED) is 0.721. The van der Waals surface area contributed by atoms with Crippen molar-refractivity contribution in [3.8, 4) is 5.75 Å². The van der Waals surface area contributed by atoms with Crippen molar-refractivity contribution >= 4 is 5.91 Å². The molecule has 100 valence electrons. The molecule has 1 rings (SSSR count). The van der Waals surface area contributed by atoms with Gasteiger partial charge in [-0.15, -0.1) is 0 Å². The maximum Gasteiger partial charge on any atom is 0.224 e. The van der Waals surface area contributed by atoms with Gasteiger partial charge in [-0.2, -0.15) is 0 Å². The molecular formula is C14H21NO3. The molecule has 2 N–H and O–H groups in total. The monoisotopic (exact) mass is 251 g/mol. The Morgan fingerprint density at radius 3 is 2.83 bits per heavy atom. The first kappa shape index (κ1) is 14.5. The van der Waals surface area contributed by atoms with Crippen LogP contribution in [0.3, 0.4) is 0 Å². The van der Waals surface area contributed by atoms with E-state index in [0.29, 0.717) is 13.0 Å². The predicted octanol–water partition coefficient (Wildman–Crippen LogP) is 1.43. The molecule has 1 amide bonds. The summed E-state index contributed by atoms with van der Waals surface area (Å²) in [4.78, 5) is 11.6. The number of unbranched alkanes of at least 4 members (excludes halogenated alkanes) is 1. The zero-order chi connectivity index (χ0) is 13.4. The number of nitrogens with one attached hydrogen (secondary N) is 1. The lowest BCUT2D eigenvalue weighted by Crippen LogP contribution is -2.26. The molecule has 18 heavy (non-hydrogen) atoms. The number of hydrogen-bond donors (Lipinski definition) is 2. The predicted molar refractivity (Wildman–Crippen MR) is 70.8 cm³/mol. The molecule has 4 heteroatoms. The van der Waals surface area contributed by atoms with Gasteiger partial charge in [-0.25, -0.2) is 0 Å². The highest BCUT2D eigenvalue weighted by atomic mass is 16.5. The third-order valence-electron chi connectivity index (χ3n) is 2.74. The summed E-state index contributed by atoms with van der Waals surface area (Å²) >= 11 is 0. The molecule has 0 saturated heterocycles. The molecule has 0 atom stereocenters. The van der Waals surface area contributed by atoms with Crippen LogP contribution in [-0.4, -0.2) is 31.3 Å². The number of carbonyl (C=O) groups excluding carboxylic acids is 1. The van der Waals surface area contributed by atoms with Crippen LogP contribution in [0.1, 0.15) is 24.0 Å². The van der Waals surface area contributed by atoms with Crippen LogP contribution in [0.15, 0.2) is 18.2 Å². The van der Waals surface area contributed by atoms with Crippen LogP contribution in [0.2, 0.25) is 0 Å². The Morgan fingerprint density at radius 2 is 2.17 bits per heavy atom. The summed E-state index contributed by atoms with van der Waals surface area (Å²) in [7, 11) is 1.63. The fourth-order valence-corrected chi connectivity index (χ4v) is 1.69. The Balaban J connectivity index is 2.44. The maximum atomic E-state index is 11.6. The van der Waals surface area contributed by atoms with Crippen LogP contribution in [0.5, 0.6) is 5.75 Å². The van der Waals surface area contributed by atoms with Gasteiger partial charge < -0.3 is 15.2 Å². The number of aryl methyl sites for hydroxylation is 1. The van der Waals surface area contributed by atoms with Crippen molar-refractivity contribution in [2.75, 3.05) is 20.3 Å². The van der Waals surface area contributed by atoms with Gasteiger partial charge in [0, 0.05) is 13.2 Å². The Labute approximate surface area is 108 Å². The van der Waals surface area contributed by atoms with Crippen LogP contribution in [-0.2, 0) is 11.2 Å². The van der Waals surface area contributed by atoms with E-state index >= 15 is 0 Å². The molecule has 0 aromatic heterocycles. The Hall–Kier alpha value is -1.55. The summed E-state index contributed by atoms with van der Waals surface area (Å²) in [5.41, 5.74) is 2.00. The van der Waals surface area contributed by atoms with Crippen LogP contribution < -0.4 is 10.1 Å². The fourth-order valence-electron chi connectivity index (χ4n) is 1.69. The van der Waals surface area contributed by atoms with Gasteiger partial charge in [0.15, 0.2) is 0 Å². The zero-order valence-electron chi connectivity index (χ0n) is 11.0. The third-order valence-corrected chi connectivity index (χ3v) is 2.74. The lowest BCUT2D eigenvalue weighted by Gasteiger charge is -2.08. The molecule has 0 saturated carbocycles. The van der Waals surface area contributed by atoms with Crippen molar-refractivity contribution in [2.24, 2.45) is 0 Å². The van der Waals surface area contributed by atoms with Gasteiger partial charge in [-0.1, -0.05) is 12.1 Å². The largest absolute Gasteiger partial charge is 0.496 e. The van der Waals surface area contributed by atoms with E-state index in [9.17, 15) is 4.79 Å². The minimum absolute atomic E-state index is 0.00107. The third kappa shape index (κ3) is 4.75. The SMILES string of the molecule is COc1cc(CC(=O)NCCCCO)ccc1C. The number of benzene rings is 1. The number of methoxy groups -OCH3 is 1. The molecule has 0 radical (unpaired) electrons. The second-order valence-corrected chi connectivity index (χ2v) is 4.26. The summed E-state index contributed by atoms with van der Waals surface area (Å²) in [6.07, 6.45) is 1.88. The highest BCUT2D eigenvalue weighted by Crippen LogP contribution is 2.19. The minimum Gasteiger partial charge on any atom is -0.496 e. The van der Waals surface area contributed by atoms with E-state index < -0.39 is 0 Å². The van der Waals surface area contributed by atoms with Gasteiger partial charge in [-0.3, -0.25) is 4.79 Å². The van der Waals surface area contributed by atoms with E-state index in [-0.39, 0.29) is 12.5 Å². The normalized spacial score (nSPS) is 10.2. The highest BCUT2D eigenvalue weighted by molar-refractivity contribution is 5.78. The number of ether oxygens (including phenoxy) is 1. The second kappa shape index (κ2) is 7.71. The number of aliphatic hydroxyl groups excluding tert-OH is 1. The molecule has 0 spiro atoms. The molecule has 1 aromatic carbocycles. The summed E-state index contributed by atoms with van der Waals surface area (Å²) in [5, 5.41) is 11.5. The van der Waals surface area contributed by atoms with Crippen LogP contribution in [0.25, 0.3) is 0 Å². The van der Waals surface area contributed by atoms with E-state index in [1.54, 1.807) is 7.11 Å². The number of rotatable bonds is 7. The first-order valence-electron chi connectivity index (χ1n) is 6.18. The molecule has 0 heterocycles. The Bertz CT molecular complexity index is 391. The number of carbonyl (C=O) groups is 1. The second-order valence-electron chi connectivity index (χ2n) is 4.26. The smallest absolute Gasteiger partial charge is 0.224 e. The van der Waals surface area contributed by atoms with E-state index in [0.717, 1.165) is 29.7 Å². The maximum absolute atomic E-state index is 11.6. The minimum atomic E-state index is -0.00107. The van der Waals surface area contributed by atoms with Gasteiger partial charge in [-0.05, 0) is 37.0 Å². The van der Waals surface area contributed by atoms with Crippen LogP contribution in [0.4, 0.5) is 0 Å². The standard InChI is InChI=1S/C14H21NO3/c1-11-5-6-12(9-13(11)18-2)10-14(17)15-7-3-4-8-16/h5-6,9,16H,3-4,7-8,10H2,1-2H3,(H,15,17). The Kier molecular flexibility index (Phi) is 6.22. The number of hydrogen-bond acceptors (Lipinski definition) is 3. The van der Waals surface area contributed by atoms with E-state index in [4.69, 9.17) is 9.84 Å². The number of aliphatic hydroxyl groups is 1. The average molecular weight is 251 g/mol. The van der Waals surface area contributed by atoms with Gasteiger partial charge >= 0.3 is 0 Å². The average Bonchev–Trinajstić information content (AvgIpc) is 2.37. The van der Waals surface area contributed by atoms with Crippen molar-refractivity contribution < 1.29 is 14.6 Å². The summed E-state index contributed by atoms with van der Waals surface area (Å²) in [6.45, 7) is 2.75. The lowest BCUT2D eigenvalue weighted by atomic mass is 10.1. The van der Waals surface area contributed by atoms with Crippen molar-refractivity contribution in [3.63, 3.8) is 0 Å². The highest BCUT2D eigenvalue weighted by Gasteiger charge is 2.05. The van der Waals surface area contributed by atoms with Crippen LogP contribution in [0, 0.1) is 6.92 Å². The number of amides is 1. The van der Waals surface area contributed by atoms with Gasteiger partial charge in [0.25, 0.3) is 0 Å².